The number of hydrogen-bond acceptors (Lipinski definition) is 4. The van der Waals surface area contributed by atoms with E-state index in [-0.39, 0.29) is 6.29 Å². The number of aliphatic hydroxyl groups excluding tert-OH is 1. The molecule has 60 valence electrons. The van der Waals surface area contributed by atoms with E-state index in [0.29, 0.717) is 13.2 Å². The average molecular weight is 147 g/mol. The normalized spacial score (nSPS) is 30.0. The zero-order valence-corrected chi connectivity index (χ0v) is 6.04. The quantitative estimate of drug-likeness (QED) is 0.506. The molecule has 4 heteroatoms. The molecule has 0 aromatic heterocycles. The Morgan fingerprint density at radius 1 is 1.80 bits per heavy atom. The van der Waals surface area contributed by atoms with Crippen molar-refractivity contribution in [1.82, 2.24) is 5.32 Å². The van der Waals surface area contributed by atoms with Crippen LogP contribution in [0.1, 0.15) is 6.92 Å². The Bertz CT molecular complexity index is 91.0. The van der Waals surface area contributed by atoms with E-state index in [2.05, 4.69) is 5.32 Å². The van der Waals surface area contributed by atoms with Crippen molar-refractivity contribution in [3.63, 3.8) is 0 Å². The molecular weight excluding hydrogens is 134 g/mol. The maximum atomic E-state index is 8.77. The summed E-state index contributed by atoms with van der Waals surface area (Å²) in [7, 11) is 0. The monoisotopic (exact) mass is 147 g/mol. The van der Waals surface area contributed by atoms with Gasteiger partial charge < -0.3 is 19.9 Å². The second-order valence-electron chi connectivity index (χ2n) is 2.24. The van der Waals surface area contributed by atoms with E-state index in [0.717, 1.165) is 6.54 Å². The number of aliphatic hydroxyl groups is 1. The van der Waals surface area contributed by atoms with Gasteiger partial charge in [-0.3, -0.25) is 0 Å². The first-order valence-corrected chi connectivity index (χ1v) is 3.45. The van der Waals surface area contributed by atoms with E-state index in [4.69, 9.17) is 14.6 Å². The van der Waals surface area contributed by atoms with Crippen molar-refractivity contribution in [2.24, 2.45) is 0 Å². The predicted molar refractivity (Wildman–Crippen MR) is 35.4 cm³/mol. The second-order valence-corrected chi connectivity index (χ2v) is 2.24. The molecule has 1 saturated heterocycles. The molecule has 1 aliphatic rings. The Morgan fingerprint density at radius 2 is 2.60 bits per heavy atom. The molecule has 2 N–H and O–H groups in total. The predicted octanol–water partition coefficient (Wildman–Crippen LogP) is -0.713. The van der Waals surface area contributed by atoms with E-state index in [1.54, 1.807) is 6.92 Å². The molecule has 0 saturated carbocycles. The van der Waals surface area contributed by atoms with Gasteiger partial charge in [0.1, 0.15) is 0 Å². The fourth-order valence-electron chi connectivity index (χ4n) is 0.848. The zero-order valence-electron chi connectivity index (χ0n) is 6.04. The van der Waals surface area contributed by atoms with E-state index >= 15 is 0 Å². The lowest BCUT2D eigenvalue weighted by Gasteiger charge is -2.24. The lowest BCUT2D eigenvalue weighted by Crippen LogP contribution is -2.41. The van der Waals surface area contributed by atoms with Gasteiger partial charge in [-0.05, 0) is 6.92 Å². The summed E-state index contributed by atoms with van der Waals surface area (Å²) >= 11 is 0. The topological polar surface area (TPSA) is 50.7 Å². The van der Waals surface area contributed by atoms with Crippen LogP contribution in [0.3, 0.4) is 0 Å². The summed E-state index contributed by atoms with van der Waals surface area (Å²) in [5, 5.41) is 11.9. The molecule has 0 aromatic rings. The van der Waals surface area contributed by atoms with Gasteiger partial charge in [-0.1, -0.05) is 0 Å². The zero-order chi connectivity index (χ0) is 7.40. The number of nitrogens with one attached hydrogen (secondary N) is 1. The molecule has 2 atom stereocenters. The molecule has 4 nitrogen and oxygen atoms in total. The van der Waals surface area contributed by atoms with Gasteiger partial charge in [0, 0.05) is 13.1 Å². The van der Waals surface area contributed by atoms with E-state index < -0.39 is 6.29 Å². The molecule has 0 amide bonds. The van der Waals surface area contributed by atoms with Crippen LogP contribution >= 0.6 is 0 Å². The Morgan fingerprint density at radius 3 is 3.10 bits per heavy atom. The molecule has 0 radical (unpaired) electrons. The molecule has 1 heterocycles. The summed E-state index contributed by atoms with van der Waals surface area (Å²) in [5.41, 5.74) is 0. The Balaban J connectivity index is 2.13. The van der Waals surface area contributed by atoms with Crippen LogP contribution in [0.2, 0.25) is 0 Å². The Labute approximate surface area is 60.1 Å². The third-order valence-corrected chi connectivity index (χ3v) is 1.24. The van der Waals surface area contributed by atoms with Crippen molar-refractivity contribution < 1.29 is 14.6 Å². The number of rotatable bonds is 2. The molecule has 1 fully saturated rings. The van der Waals surface area contributed by atoms with E-state index in [1.807, 2.05) is 0 Å². The third kappa shape index (κ3) is 2.62. The van der Waals surface area contributed by atoms with Crippen molar-refractivity contribution >= 4 is 0 Å². The van der Waals surface area contributed by atoms with Gasteiger partial charge in [-0.2, -0.15) is 0 Å². The van der Waals surface area contributed by atoms with Crippen molar-refractivity contribution in [2.45, 2.75) is 19.5 Å². The highest BCUT2D eigenvalue weighted by molar-refractivity contribution is 4.57. The summed E-state index contributed by atoms with van der Waals surface area (Å²) in [6.07, 6.45) is -1.03. The van der Waals surface area contributed by atoms with Crippen LogP contribution in [0.25, 0.3) is 0 Å². The molecular formula is C6H13NO3. The van der Waals surface area contributed by atoms with Crippen molar-refractivity contribution in [1.29, 1.82) is 0 Å². The summed E-state index contributed by atoms with van der Waals surface area (Å²) in [5.74, 6) is 0. The lowest BCUT2D eigenvalue weighted by atomic mass is 10.5. The highest BCUT2D eigenvalue weighted by atomic mass is 16.7. The van der Waals surface area contributed by atoms with Crippen LogP contribution in [-0.2, 0) is 9.47 Å². The summed E-state index contributed by atoms with van der Waals surface area (Å²) in [6, 6.07) is 0. The first kappa shape index (κ1) is 7.94. The first-order chi connectivity index (χ1) is 4.79. The SMILES string of the molecule is CC(O)OC1CNCCO1. The van der Waals surface area contributed by atoms with Crippen LogP contribution in [0.4, 0.5) is 0 Å². The Hall–Kier alpha value is -0.160. The third-order valence-electron chi connectivity index (χ3n) is 1.24. The van der Waals surface area contributed by atoms with Gasteiger partial charge in [-0.25, -0.2) is 0 Å². The highest BCUT2D eigenvalue weighted by Crippen LogP contribution is 1.99. The van der Waals surface area contributed by atoms with E-state index in [9.17, 15) is 0 Å². The minimum atomic E-state index is -0.745. The molecule has 0 aromatic carbocycles. The smallest absolute Gasteiger partial charge is 0.173 e. The van der Waals surface area contributed by atoms with E-state index in [1.165, 1.54) is 0 Å². The van der Waals surface area contributed by atoms with Crippen LogP contribution in [0, 0.1) is 0 Å². The molecule has 0 bridgehead atoms. The molecule has 1 rings (SSSR count). The van der Waals surface area contributed by atoms with Crippen molar-refractivity contribution in [3.8, 4) is 0 Å². The number of hydrogen-bond donors (Lipinski definition) is 2. The van der Waals surface area contributed by atoms with Crippen LogP contribution < -0.4 is 5.32 Å². The fourth-order valence-corrected chi connectivity index (χ4v) is 0.848. The average Bonchev–Trinajstić information content (AvgIpc) is 1.88. The molecule has 0 spiro atoms. The number of ether oxygens (including phenoxy) is 2. The molecule has 10 heavy (non-hydrogen) atoms. The maximum absolute atomic E-state index is 8.77. The molecule has 2 unspecified atom stereocenters. The van der Waals surface area contributed by atoms with Crippen molar-refractivity contribution in [3.05, 3.63) is 0 Å². The van der Waals surface area contributed by atoms with Crippen LogP contribution in [0.15, 0.2) is 0 Å². The minimum absolute atomic E-state index is 0.284. The van der Waals surface area contributed by atoms with Crippen LogP contribution in [-0.4, -0.2) is 37.4 Å². The van der Waals surface area contributed by atoms with Gasteiger partial charge in [-0.15, -0.1) is 0 Å². The van der Waals surface area contributed by atoms with Gasteiger partial charge in [0.25, 0.3) is 0 Å². The summed E-state index contributed by atoms with van der Waals surface area (Å²) in [4.78, 5) is 0. The van der Waals surface area contributed by atoms with Gasteiger partial charge in [0.2, 0.25) is 0 Å². The van der Waals surface area contributed by atoms with Gasteiger partial charge >= 0.3 is 0 Å². The fraction of sp³-hybridized carbons (Fsp3) is 1.00. The van der Waals surface area contributed by atoms with Crippen LogP contribution in [0.5, 0.6) is 0 Å². The highest BCUT2D eigenvalue weighted by Gasteiger charge is 2.14. The van der Waals surface area contributed by atoms with Crippen molar-refractivity contribution in [2.75, 3.05) is 19.7 Å². The molecule has 0 aliphatic carbocycles. The Kier molecular flexibility index (Phi) is 3.08. The first-order valence-electron chi connectivity index (χ1n) is 3.45. The van der Waals surface area contributed by atoms with Gasteiger partial charge in [0.05, 0.1) is 6.61 Å². The summed E-state index contributed by atoms with van der Waals surface area (Å²) in [6.45, 7) is 3.74. The van der Waals surface area contributed by atoms with Gasteiger partial charge in [0.15, 0.2) is 12.6 Å². The largest absolute Gasteiger partial charge is 0.368 e. The summed E-state index contributed by atoms with van der Waals surface area (Å²) < 4.78 is 10.1. The maximum Gasteiger partial charge on any atom is 0.173 e. The number of morpholine rings is 1. The standard InChI is InChI=1S/C6H13NO3/c1-5(8)10-6-4-7-2-3-9-6/h5-8H,2-4H2,1H3. The molecule has 1 aliphatic heterocycles. The minimum Gasteiger partial charge on any atom is -0.368 e. The second kappa shape index (κ2) is 3.88. The lowest BCUT2D eigenvalue weighted by molar-refractivity contribution is -0.227.